The first-order valence-corrected chi connectivity index (χ1v) is 10.4. The number of amides is 2. The molecule has 0 unspecified atom stereocenters. The van der Waals surface area contributed by atoms with E-state index >= 15 is 0 Å². The van der Waals surface area contributed by atoms with E-state index in [1.165, 1.54) is 4.90 Å². The minimum Gasteiger partial charge on any atom is -0.399 e. The zero-order valence-corrected chi connectivity index (χ0v) is 21.8. The number of nitrogens with one attached hydrogen (secondary N) is 2. The van der Waals surface area contributed by atoms with Crippen molar-refractivity contribution >= 4 is 77.9 Å². The highest BCUT2D eigenvalue weighted by Gasteiger charge is 2.32. The lowest BCUT2D eigenvalue weighted by molar-refractivity contribution is 0.0609. The number of halogens is 4. The van der Waals surface area contributed by atoms with Gasteiger partial charge in [-0.2, -0.15) is 0 Å². The molecule has 0 fully saturated rings. The Hall–Kier alpha value is -1.32. The maximum absolute atomic E-state index is 12.9. The molecule has 2 aromatic carbocycles. The number of nitrogens with zero attached hydrogens (tertiary/aromatic N) is 1. The third kappa shape index (κ3) is 8.76. The average Bonchev–Trinajstić information content (AvgIpc) is 2.71. The molecular formula is C22H35Cl4N5O2. The topological polar surface area (TPSA) is 113 Å². The van der Waals surface area contributed by atoms with Crippen molar-refractivity contribution in [3.05, 3.63) is 41.5 Å². The number of unbranched alkanes of at least 4 members (excludes halogenated alkanes) is 1. The largest absolute Gasteiger partial charge is 0.399 e. The monoisotopic (exact) mass is 541 g/mol. The predicted molar refractivity (Wildman–Crippen MR) is 146 cm³/mol. The summed E-state index contributed by atoms with van der Waals surface area (Å²) in [5.41, 5.74) is 13.0. The van der Waals surface area contributed by atoms with Crippen LogP contribution >= 0.6 is 49.6 Å². The van der Waals surface area contributed by atoms with Gasteiger partial charge in [0.1, 0.15) is 0 Å². The first-order valence-electron chi connectivity index (χ1n) is 10.4. The third-order valence-corrected chi connectivity index (χ3v) is 5.20. The molecule has 0 radical (unpaired) electrons. The number of rotatable bonds is 12. The summed E-state index contributed by atoms with van der Waals surface area (Å²) in [5, 5.41) is 8.30. The van der Waals surface area contributed by atoms with Gasteiger partial charge in [0, 0.05) is 23.2 Å². The number of anilines is 1. The average molecular weight is 543 g/mol. The van der Waals surface area contributed by atoms with Crippen molar-refractivity contribution in [2.24, 2.45) is 5.73 Å². The van der Waals surface area contributed by atoms with Crippen molar-refractivity contribution in [1.29, 1.82) is 0 Å². The molecule has 0 saturated heterocycles. The van der Waals surface area contributed by atoms with Gasteiger partial charge in [-0.25, -0.2) is 0 Å². The quantitative estimate of drug-likeness (QED) is 0.186. The summed E-state index contributed by atoms with van der Waals surface area (Å²) in [6, 6.07) is 8.97. The number of nitrogen functional groups attached to an aromatic ring is 1. The first kappa shape index (κ1) is 33.9. The van der Waals surface area contributed by atoms with E-state index in [0.29, 0.717) is 28.7 Å². The van der Waals surface area contributed by atoms with Gasteiger partial charge in [0.05, 0.1) is 5.56 Å². The number of benzene rings is 2. The van der Waals surface area contributed by atoms with E-state index in [4.69, 9.17) is 11.5 Å². The minimum atomic E-state index is -0.255. The molecule has 7 nitrogen and oxygen atoms in total. The number of nitrogens with two attached hydrogens (primary N) is 2. The first-order chi connectivity index (χ1) is 14.1. The summed E-state index contributed by atoms with van der Waals surface area (Å²) < 4.78 is 0. The second kappa shape index (κ2) is 17.2. The van der Waals surface area contributed by atoms with Gasteiger partial charge in [-0.15, -0.1) is 49.6 Å². The lowest BCUT2D eigenvalue weighted by Gasteiger charge is -2.27. The SMILES string of the molecule is Cl.Cl.Cl.Cl.NCCCNCCCCNCCCN1C(=O)c2cccc3cc(N)cc(c23)C1=O. The van der Waals surface area contributed by atoms with Crippen LogP contribution in [0.4, 0.5) is 5.69 Å². The van der Waals surface area contributed by atoms with E-state index < -0.39 is 0 Å². The molecular weight excluding hydrogens is 508 g/mol. The van der Waals surface area contributed by atoms with Crippen LogP contribution in [0.15, 0.2) is 30.3 Å². The molecule has 0 bridgehead atoms. The molecule has 6 N–H and O–H groups in total. The van der Waals surface area contributed by atoms with Gasteiger partial charge < -0.3 is 22.1 Å². The van der Waals surface area contributed by atoms with Gasteiger partial charge in [-0.05, 0) is 82.0 Å². The molecule has 11 heteroatoms. The van der Waals surface area contributed by atoms with Crippen LogP contribution in [0, 0.1) is 0 Å². The van der Waals surface area contributed by atoms with Crippen LogP contribution in [0.3, 0.4) is 0 Å². The fourth-order valence-electron chi connectivity index (χ4n) is 3.72. The molecule has 2 aromatic rings. The Labute approximate surface area is 220 Å². The van der Waals surface area contributed by atoms with Crippen LogP contribution in [0.2, 0.25) is 0 Å². The van der Waals surface area contributed by atoms with Gasteiger partial charge in [0.15, 0.2) is 0 Å². The number of hydrogen-bond acceptors (Lipinski definition) is 6. The molecule has 1 aliphatic rings. The Morgan fingerprint density at radius 1 is 0.758 bits per heavy atom. The summed E-state index contributed by atoms with van der Waals surface area (Å²) in [6.45, 7) is 4.81. The van der Waals surface area contributed by atoms with E-state index in [1.807, 2.05) is 12.1 Å². The molecule has 3 rings (SSSR count). The van der Waals surface area contributed by atoms with E-state index in [2.05, 4.69) is 10.6 Å². The van der Waals surface area contributed by atoms with Crippen molar-refractivity contribution in [3.8, 4) is 0 Å². The Morgan fingerprint density at radius 3 is 1.97 bits per heavy atom. The van der Waals surface area contributed by atoms with Crippen molar-refractivity contribution in [2.45, 2.75) is 25.7 Å². The standard InChI is InChI=1S/C22H31N5O2.4ClH/c23-8-4-11-25-9-1-2-10-26-12-5-13-27-21(28)18-7-3-6-16-14-17(24)15-19(20(16)18)22(27)29;;;;/h3,6-7,14-15,25-26H,1-2,4-5,8-13,23-24H2;4*1H. The molecule has 33 heavy (non-hydrogen) atoms. The molecule has 1 aliphatic heterocycles. The van der Waals surface area contributed by atoms with Gasteiger partial charge in [-0.1, -0.05) is 12.1 Å². The molecule has 0 saturated carbocycles. The smallest absolute Gasteiger partial charge is 0.261 e. The number of carbonyl (C=O) groups is 2. The van der Waals surface area contributed by atoms with Gasteiger partial charge in [0.2, 0.25) is 0 Å². The fourth-order valence-corrected chi connectivity index (χ4v) is 3.72. The fraction of sp³-hybridized carbons (Fsp3) is 0.455. The van der Waals surface area contributed by atoms with Crippen LogP contribution in [0.25, 0.3) is 10.8 Å². The maximum atomic E-state index is 12.9. The van der Waals surface area contributed by atoms with Crippen molar-refractivity contribution < 1.29 is 9.59 Å². The molecule has 0 aliphatic carbocycles. The lowest BCUT2D eigenvalue weighted by atomic mass is 9.93. The normalized spacial score (nSPS) is 11.8. The molecule has 0 atom stereocenters. The molecule has 0 spiro atoms. The Kier molecular flexibility index (Phi) is 17.6. The summed E-state index contributed by atoms with van der Waals surface area (Å²) in [4.78, 5) is 27.1. The van der Waals surface area contributed by atoms with Crippen LogP contribution in [0.5, 0.6) is 0 Å². The molecule has 188 valence electrons. The Bertz CT molecular complexity index is 885. The van der Waals surface area contributed by atoms with E-state index in [1.54, 1.807) is 18.2 Å². The van der Waals surface area contributed by atoms with Gasteiger partial charge >= 0.3 is 0 Å². The highest BCUT2D eigenvalue weighted by molar-refractivity contribution is 6.25. The second-order valence-electron chi connectivity index (χ2n) is 7.44. The lowest BCUT2D eigenvalue weighted by Crippen LogP contribution is -2.41. The highest BCUT2D eigenvalue weighted by Crippen LogP contribution is 2.31. The number of hydrogen-bond donors (Lipinski definition) is 4. The third-order valence-electron chi connectivity index (χ3n) is 5.20. The van der Waals surface area contributed by atoms with E-state index in [0.717, 1.165) is 63.8 Å². The van der Waals surface area contributed by atoms with Crippen molar-refractivity contribution in [2.75, 3.05) is 45.0 Å². The molecule has 0 aromatic heterocycles. The summed E-state index contributed by atoms with van der Waals surface area (Å²) in [6.07, 6.45) is 3.94. The number of carbonyl (C=O) groups excluding carboxylic acids is 2. The Morgan fingerprint density at radius 2 is 1.33 bits per heavy atom. The maximum Gasteiger partial charge on any atom is 0.261 e. The van der Waals surface area contributed by atoms with Gasteiger partial charge in [-0.3, -0.25) is 14.5 Å². The van der Waals surface area contributed by atoms with Crippen LogP contribution in [0.1, 0.15) is 46.4 Å². The van der Waals surface area contributed by atoms with Crippen LogP contribution < -0.4 is 22.1 Å². The predicted octanol–water partition coefficient (Wildman–Crippen LogP) is 3.40. The van der Waals surface area contributed by atoms with Gasteiger partial charge in [0.25, 0.3) is 11.8 Å². The molecule has 1 heterocycles. The zero-order chi connectivity index (χ0) is 20.6. The summed E-state index contributed by atoms with van der Waals surface area (Å²) >= 11 is 0. The molecule has 2 amide bonds. The van der Waals surface area contributed by atoms with E-state index in [-0.39, 0.29) is 61.4 Å². The summed E-state index contributed by atoms with van der Waals surface area (Å²) in [7, 11) is 0. The number of imide groups is 1. The highest BCUT2D eigenvalue weighted by atomic mass is 35.5. The van der Waals surface area contributed by atoms with Crippen LogP contribution in [-0.2, 0) is 0 Å². The van der Waals surface area contributed by atoms with Crippen LogP contribution in [-0.4, -0.2) is 56.0 Å². The Balaban J connectivity index is 0. The second-order valence-corrected chi connectivity index (χ2v) is 7.44. The van der Waals surface area contributed by atoms with Crippen molar-refractivity contribution in [3.63, 3.8) is 0 Å². The van der Waals surface area contributed by atoms with Crippen molar-refractivity contribution in [1.82, 2.24) is 15.5 Å². The summed E-state index contributed by atoms with van der Waals surface area (Å²) in [5.74, 6) is -0.476. The van der Waals surface area contributed by atoms with E-state index in [9.17, 15) is 9.59 Å². The zero-order valence-electron chi connectivity index (χ0n) is 18.5. The minimum absolute atomic E-state index is 0.